The Balaban J connectivity index is 2.96. The molecule has 2 N–H and O–H groups in total. The summed E-state index contributed by atoms with van der Waals surface area (Å²) in [5.74, 6) is 6.34. The van der Waals surface area contributed by atoms with Crippen molar-refractivity contribution in [2.75, 3.05) is 14.2 Å². The molecule has 0 aliphatic heterocycles. The number of hydrogen-bond acceptors (Lipinski definition) is 4. The summed E-state index contributed by atoms with van der Waals surface area (Å²) in [6, 6.07) is 7.26. The average Bonchev–Trinajstić information content (AvgIpc) is 2.26. The lowest BCUT2D eigenvalue weighted by molar-refractivity contribution is 0.415. The zero-order valence-electron chi connectivity index (χ0n) is 8.14. The summed E-state index contributed by atoms with van der Waals surface area (Å²) in [5, 5.41) is 10.9. The van der Waals surface area contributed by atoms with E-state index in [1.54, 1.807) is 14.2 Å². The Hall–Kier alpha value is -1.91. The van der Waals surface area contributed by atoms with Crippen LogP contribution in [0.5, 0.6) is 5.75 Å². The lowest BCUT2D eigenvalue weighted by Gasteiger charge is -2.01. The Morgan fingerprint density at radius 2 is 1.93 bits per heavy atom. The monoisotopic (exact) mass is 192 g/mol. The van der Waals surface area contributed by atoms with E-state index in [0.29, 0.717) is 5.84 Å². The lowest BCUT2D eigenvalue weighted by atomic mass is 10.2. The minimum Gasteiger partial charge on any atom is -0.497 e. The van der Waals surface area contributed by atoms with Crippen molar-refractivity contribution < 1.29 is 4.74 Å². The van der Waals surface area contributed by atoms with E-state index in [4.69, 9.17) is 10.6 Å². The van der Waals surface area contributed by atoms with Crippen molar-refractivity contribution in [3.8, 4) is 5.75 Å². The van der Waals surface area contributed by atoms with Crippen molar-refractivity contribution in [2.45, 2.75) is 0 Å². The summed E-state index contributed by atoms with van der Waals surface area (Å²) in [4.78, 5) is 0. The van der Waals surface area contributed by atoms with Gasteiger partial charge in [-0.05, 0) is 24.3 Å². The molecule has 5 heteroatoms. The number of hydrogen-bond donors (Lipinski definition) is 1. The number of hydrazone groups is 1. The Morgan fingerprint density at radius 3 is 2.36 bits per heavy atom. The first-order valence-corrected chi connectivity index (χ1v) is 4.04. The molecule has 0 fully saturated rings. The molecule has 1 aromatic rings. The topological polar surface area (TPSA) is 72.3 Å². The van der Waals surface area contributed by atoms with Crippen LogP contribution in [0.3, 0.4) is 0 Å². The molecule has 0 aromatic heterocycles. The summed E-state index contributed by atoms with van der Waals surface area (Å²) >= 11 is 0. The standard InChI is InChI=1S/C9H12N4O/c1-11-13-9(12-10)7-3-5-8(14-2)6-4-7/h3-6H,10H2,1-2H3. The van der Waals surface area contributed by atoms with Crippen molar-refractivity contribution in [3.05, 3.63) is 29.8 Å². The van der Waals surface area contributed by atoms with Gasteiger partial charge in [0.25, 0.3) is 0 Å². The molecule has 74 valence electrons. The van der Waals surface area contributed by atoms with Crippen LogP contribution in [0.2, 0.25) is 0 Å². The third-order valence-corrected chi connectivity index (χ3v) is 1.67. The summed E-state index contributed by atoms with van der Waals surface area (Å²) in [6.07, 6.45) is 0. The first kappa shape index (κ1) is 10.2. The predicted molar refractivity (Wildman–Crippen MR) is 54.5 cm³/mol. The highest BCUT2D eigenvalue weighted by molar-refractivity contribution is 5.98. The highest BCUT2D eigenvalue weighted by Crippen LogP contribution is 2.12. The highest BCUT2D eigenvalue weighted by Gasteiger charge is 2.01. The fraction of sp³-hybridized carbons (Fsp3) is 0.222. The fourth-order valence-electron chi connectivity index (χ4n) is 0.993. The Morgan fingerprint density at radius 1 is 1.29 bits per heavy atom. The van der Waals surface area contributed by atoms with Gasteiger partial charge in [0.05, 0.1) is 7.11 Å². The third kappa shape index (κ3) is 2.29. The molecule has 0 saturated heterocycles. The minimum atomic E-state index is 0.398. The molecule has 1 rings (SSSR count). The molecule has 0 bridgehead atoms. The van der Waals surface area contributed by atoms with Crippen molar-refractivity contribution >= 4 is 5.84 Å². The van der Waals surface area contributed by atoms with Gasteiger partial charge in [-0.25, -0.2) is 0 Å². The van der Waals surface area contributed by atoms with Crippen LogP contribution in [0, 0.1) is 0 Å². The Labute approximate surface area is 82.3 Å². The second kappa shape index (κ2) is 4.96. The van der Waals surface area contributed by atoms with Gasteiger partial charge in [0.2, 0.25) is 0 Å². The van der Waals surface area contributed by atoms with Crippen molar-refractivity contribution in [2.24, 2.45) is 21.2 Å². The van der Waals surface area contributed by atoms with Crippen molar-refractivity contribution in [1.82, 2.24) is 0 Å². The molecule has 1 aromatic carbocycles. The van der Waals surface area contributed by atoms with Gasteiger partial charge in [-0.2, -0.15) is 10.2 Å². The van der Waals surface area contributed by atoms with Gasteiger partial charge in [0.1, 0.15) is 5.75 Å². The number of benzene rings is 1. The molecular formula is C9H12N4O. The first-order valence-electron chi connectivity index (χ1n) is 4.04. The van der Waals surface area contributed by atoms with Gasteiger partial charge in [0.15, 0.2) is 5.84 Å². The largest absolute Gasteiger partial charge is 0.497 e. The maximum atomic E-state index is 5.16. The molecule has 5 nitrogen and oxygen atoms in total. The molecule has 0 radical (unpaired) electrons. The zero-order chi connectivity index (χ0) is 10.4. The van der Waals surface area contributed by atoms with Gasteiger partial charge >= 0.3 is 0 Å². The molecule has 0 aliphatic rings. The van der Waals surface area contributed by atoms with E-state index in [-0.39, 0.29) is 0 Å². The van der Waals surface area contributed by atoms with Crippen LogP contribution < -0.4 is 10.6 Å². The van der Waals surface area contributed by atoms with Crippen LogP contribution in [0.1, 0.15) is 5.56 Å². The van der Waals surface area contributed by atoms with Gasteiger partial charge in [-0.3, -0.25) is 0 Å². The van der Waals surface area contributed by atoms with E-state index in [9.17, 15) is 0 Å². The third-order valence-electron chi connectivity index (χ3n) is 1.67. The van der Waals surface area contributed by atoms with Gasteiger partial charge in [0, 0.05) is 12.6 Å². The average molecular weight is 192 g/mol. The molecular weight excluding hydrogens is 180 g/mol. The van der Waals surface area contributed by atoms with E-state index in [1.165, 1.54) is 0 Å². The molecule has 14 heavy (non-hydrogen) atoms. The number of azo groups is 1. The second-order valence-corrected chi connectivity index (χ2v) is 2.48. The first-order chi connectivity index (χ1) is 6.81. The maximum Gasteiger partial charge on any atom is 0.200 e. The number of nitrogens with two attached hydrogens (primary N) is 1. The van der Waals surface area contributed by atoms with E-state index >= 15 is 0 Å². The SMILES string of the molecule is CN=NC(=NN)c1ccc(OC)cc1. The Kier molecular flexibility index (Phi) is 3.60. The minimum absolute atomic E-state index is 0.398. The van der Waals surface area contributed by atoms with E-state index < -0.39 is 0 Å². The normalized spacial score (nSPS) is 12.0. The van der Waals surface area contributed by atoms with Crippen molar-refractivity contribution in [1.29, 1.82) is 0 Å². The number of methoxy groups -OCH3 is 1. The quantitative estimate of drug-likeness (QED) is 0.253. The number of amidine groups is 1. The zero-order valence-corrected chi connectivity index (χ0v) is 8.14. The Bertz CT molecular complexity index is 342. The second-order valence-electron chi connectivity index (χ2n) is 2.48. The molecule has 0 atom stereocenters. The lowest BCUT2D eigenvalue weighted by Crippen LogP contribution is -2.00. The van der Waals surface area contributed by atoms with Gasteiger partial charge in [-0.15, -0.1) is 5.11 Å². The smallest absolute Gasteiger partial charge is 0.200 e. The van der Waals surface area contributed by atoms with Gasteiger partial charge < -0.3 is 10.6 Å². The molecule has 0 unspecified atom stereocenters. The van der Waals surface area contributed by atoms with Crippen LogP contribution in [0.15, 0.2) is 39.6 Å². The molecule has 0 aliphatic carbocycles. The number of nitrogens with zero attached hydrogens (tertiary/aromatic N) is 3. The van der Waals surface area contributed by atoms with Crippen LogP contribution in [-0.4, -0.2) is 20.0 Å². The predicted octanol–water partition coefficient (Wildman–Crippen LogP) is 1.40. The summed E-state index contributed by atoms with van der Waals surface area (Å²) in [6.45, 7) is 0. The maximum absolute atomic E-state index is 5.16. The van der Waals surface area contributed by atoms with Crippen LogP contribution >= 0.6 is 0 Å². The van der Waals surface area contributed by atoms with E-state index in [0.717, 1.165) is 11.3 Å². The van der Waals surface area contributed by atoms with Crippen LogP contribution in [0.25, 0.3) is 0 Å². The van der Waals surface area contributed by atoms with Crippen LogP contribution in [-0.2, 0) is 0 Å². The molecule has 0 spiro atoms. The molecule has 0 heterocycles. The van der Waals surface area contributed by atoms with E-state index in [1.807, 2.05) is 24.3 Å². The summed E-state index contributed by atoms with van der Waals surface area (Å²) < 4.78 is 5.02. The molecule has 0 amide bonds. The highest BCUT2D eigenvalue weighted by atomic mass is 16.5. The number of ether oxygens (including phenoxy) is 1. The van der Waals surface area contributed by atoms with E-state index in [2.05, 4.69) is 15.3 Å². The fourth-order valence-corrected chi connectivity index (χ4v) is 0.993. The summed E-state index contributed by atoms with van der Waals surface area (Å²) in [5.41, 5.74) is 0.805. The summed E-state index contributed by atoms with van der Waals surface area (Å²) in [7, 11) is 3.17. The van der Waals surface area contributed by atoms with Crippen LogP contribution in [0.4, 0.5) is 0 Å². The number of rotatable bonds is 2. The van der Waals surface area contributed by atoms with Gasteiger partial charge in [-0.1, -0.05) is 0 Å². The van der Waals surface area contributed by atoms with Crippen molar-refractivity contribution in [3.63, 3.8) is 0 Å². The molecule has 0 saturated carbocycles.